The third kappa shape index (κ3) is 9.51. The van der Waals surface area contributed by atoms with Gasteiger partial charge in [-0.3, -0.25) is 4.90 Å². The molecule has 2 aliphatic carbocycles. The van der Waals surface area contributed by atoms with Crippen LogP contribution in [0.15, 0.2) is 48.5 Å². The smallest absolute Gasteiger partial charge is 0.0408 e. The highest BCUT2D eigenvalue weighted by Crippen LogP contribution is 2.41. The van der Waals surface area contributed by atoms with Crippen LogP contribution in [0.5, 0.6) is 0 Å². The van der Waals surface area contributed by atoms with Crippen molar-refractivity contribution >= 4 is 48.0 Å². The molecule has 1 saturated heterocycles. The van der Waals surface area contributed by atoms with Gasteiger partial charge in [0, 0.05) is 42.3 Å². The van der Waals surface area contributed by atoms with Gasteiger partial charge in [-0.25, -0.2) is 0 Å². The molecule has 0 spiro atoms. The van der Waals surface area contributed by atoms with Gasteiger partial charge in [0.15, 0.2) is 0 Å². The summed E-state index contributed by atoms with van der Waals surface area (Å²) in [6.07, 6.45) is 17.8. The summed E-state index contributed by atoms with van der Waals surface area (Å²) < 4.78 is 0. The molecule has 3 aliphatic rings. The van der Waals surface area contributed by atoms with Gasteiger partial charge in [-0.2, -0.15) is 0 Å². The Hall–Kier alpha value is -0.480. The molecule has 1 aliphatic heterocycles. The van der Waals surface area contributed by atoms with Gasteiger partial charge in [-0.1, -0.05) is 98.8 Å². The number of nitrogens with zero attached hydrogens (tertiary/aromatic N) is 1. The lowest BCUT2D eigenvalue weighted by Crippen LogP contribution is -2.53. The van der Waals surface area contributed by atoms with Crippen molar-refractivity contribution in [3.8, 4) is 0 Å². The number of rotatable bonds is 8. The Labute approximate surface area is 266 Å². The first-order chi connectivity index (χ1) is 18.7. The Bertz CT molecular complexity index is 906. The van der Waals surface area contributed by atoms with E-state index in [-0.39, 0.29) is 24.8 Å². The van der Waals surface area contributed by atoms with Crippen LogP contribution in [-0.4, -0.2) is 37.1 Å². The largest absolute Gasteiger partial charge is 0.314 e. The molecular formula is C34H50Cl4N2. The molecule has 2 aromatic rings. The van der Waals surface area contributed by atoms with E-state index in [4.69, 9.17) is 23.2 Å². The molecule has 0 amide bonds. The van der Waals surface area contributed by atoms with Crippen LogP contribution in [0.2, 0.25) is 10.0 Å². The molecule has 0 aromatic heterocycles. The molecule has 1 heterocycles. The lowest BCUT2D eigenvalue weighted by atomic mass is 9.76. The first-order valence-electron chi connectivity index (χ1n) is 15.6. The van der Waals surface area contributed by atoms with E-state index in [9.17, 15) is 0 Å². The summed E-state index contributed by atoms with van der Waals surface area (Å²) in [4.78, 5) is 2.86. The minimum absolute atomic E-state index is 0. The van der Waals surface area contributed by atoms with Crippen LogP contribution < -0.4 is 5.32 Å². The average molecular weight is 629 g/mol. The molecule has 6 heteroatoms. The summed E-state index contributed by atoms with van der Waals surface area (Å²) in [6, 6.07) is 18.2. The van der Waals surface area contributed by atoms with Crippen LogP contribution in [0.3, 0.4) is 0 Å². The molecule has 2 saturated carbocycles. The topological polar surface area (TPSA) is 15.3 Å². The molecule has 0 radical (unpaired) electrons. The standard InChI is InChI=1S/C34H48Cl2N2.2ClH/c35-30-17-9-15-28(21-30)33(26-11-5-1-2-6-12-26)23-32-24-37-19-20-38(32)25-34(27-13-7-3-4-8-14-27)29-16-10-18-31(36)22-29;;/h9-10,15-18,21-22,26-27,32-34,37H,1-8,11-14,19-20,23-25H2;2*1H. The van der Waals surface area contributed by atoms with Crippen molar-refractivity contribution in [3.05, 3.63) is 69.7 Å². The monoisotopic (exact) mass is 626 g/mol. The molecular weight excluding hydrogens is 578 g/mol. The first-order valence-corrected chi connectivity index (χ1v) is 16.4. The predicted octanol–water partition coefficient (Wildman–Crippen LogP) is 10.3. The third-order valence-electron chi connectivity index (χ3n) is 9.92. The average Bonchev–Trinajstić information content (AvgIpc) is 3.37. The van der Waals surface area contributed by atoms with Gasteiger partial charge in [-0.15, -0.1) is 24.8 Å². The molecule has 3 atom stereocenters. The van der Waals surface area contributed by atoms with E-state index in [1.54, 1.807) is 0 Å². The fourth-order valence-electron chi connectivity index (χ4n) is 7.85. The summed E-state index contributed by atoms with van der Waals surface area (Å²) in [6.45, 7) is 4.48. The molecule has 3 fully saturated rings. The first kappa shape index (κ1) is 34.0. The van der Waals surface area contributed by atoms with E-state index in [0.717, 1.165) is 48.1 Å². The highest BCUT2D eigenvalue weighted by molar-refractivity contribution is 6.30. The maximum atomic E-state index is 6.55. The zero-order valence-corrected chi connectivity index (χ0v) is 27.2. The van der Waals surface area contributed by atoms with Gasteiger partial charge < -0.3 is 5.32 Å². The van der Waals surface area contributed by atoms with Gasteiger partial charge in [0.1, 0.15) is 0 Å². The van der Waals surface area contributed by atoms with Gasteiger partial charge >= 0.3 is 0 Å². The second-order valence-corrected chi connectivity index (χ2v) is 13.3. The lowest BCUT2D eigenvalue weighted by Gasteiger charge is -2.42. The van der Waals surface area contributed by atoms with Crippen molar-refractivity contribution in [3.63, 3.8) is 0 Å². The Morgan fingerprint density at radius 1 is 0.700 bits per heavy atom. The molecule has 2 aromatic carbocycles. The van der Waals surface area contributed by atoms with Crippen molar-refractivity contribution < 1.29 is 0 Å². The SMILES string of the molecule is Cl.Cl.Clc1cccc(C(CC2CNCCN2CC(c2cccc(Cl)c2)C2CCCCCC2)C2CCCCCC2)c1. The quantitative estimate of drug-likeness (QED) is 0.293. The maximum absolute atomic E-state index is 6.55. The summed E-state index contributed by atoms with van der Waals surface area (Å²) in [5, 5.41) is 5.54. The number of piperazine rings is 1. The van der Waals surface area contributed by atoms with Crippen LogP contribution >= 0.6 is 48.0 Å². The van der Waals surface area contributed by atoms with Crippen LogP contribution in [0.1, 0.15) is 106 Å². The fourth-order valence-corrected chi connectivity index (χ4v) is 8.25. The van der Waals surface area contributed by atoms with E-state index in [1.807, 2.05) is 12.1 Å². The van der Waals surface area contributed by atoms with Gasteiger partial charge in [0.05, 0.1) is 0 Å². The Kier molecular flexibility index (Phi) is 15.0. The van der Waals surface area contributed by atoms with Gasteiger partial charge in [0.2, 0.25) is 0 Å². The number of halogens is 4. The van der Waals surface area contributed by atoms with Crippen LogP contribution in [0.25, 0.3) is 0 Å². The van der Waals surface area contributed by atoms with Gasteiger partial charge in [0.25, 0.3) is 0 Å². The summed E-state index contributed by atoms with van der Waals surface area (Å²) >= 11 is 13.1. The summed E-state index contributed by atoms with van der Waals surface area (Å²) in [5.41, 5.74) is 2.92. The zero-order valence-electron chi connectivity index (χ0n) is 24.0. The maximum Gasteiger partial charge on any atom is 0.0408 e. The Morgan fingerprint density at radius 2 is 1.20 bits per heavy atom. The van der Waals surface area contributed by atoms with Crippen molar-refractivity contribution in [2.75, 3.05) is 26.2 Å². The fraction of sp³-hybridized carbons (Fsp3) is 0.647. The second-order valence-electron chi connectivity index (χ2n) is 12.4. The second kappa shape index (κ2) is 17.6. The molecule has 0 bridgehead atoms. The van der Waals surface area contributed by atoms with E-state index < -0.39 is 0 Å². The third-order valence-corrected chi connectivity index (χ3v) is 10.4. The zero-order chi connectivity index (χ0) is 26.2. The molecule has 1 N–H and O–H groups in total. The van der Waals surface area contributed by atoms with Crippen molar-refractivity contribution in [2.45, 2.75) is 101 Å². The minimum atomic E-state index is 0. The normalized spacial score (nSPS) is 23.2. The number of nitrogens with one attached hydrogen (secondary N) is 1. The van der Waals surface area contributed by atoms with Crippen LogP contribution in [-0.2, 0) is 0 Å². The number of hydrogen-bond donors (Lipinski definition) is 1. The highest BCUT2D eigenvalue weighted by Gasteiger charge is 2.34. The summed E-state index contributed by atoms with van der Waals surface area (Å²) in [7, 11) is 0. The number of benzene rings is 2. The molecule has 5 rings (SSSR count). The van der Waals surface area contributed by atoms with Crippen molar-refractivity contribution in [1.82, 2.24) is 10.2 Å². The molecule has 40 heavy (non-hydrogen) atoms. The number of hydrogen-bond acceptors (Lipinski definition) is 2. The Morgan fingerprint density at radius 3 is 1.73 bits per heavy atom. The van der Waals surface area contributed by atoms with Crippen LogP contribution in [0.4, 0.5) is 0 Å². The minimum Gasteiger partial charge on any atom is -0.314 e. The molecule has 2 nitrogen and oxygen atoms in total. The van der Waals surface area contributed by atoms with E-state index >= 15 is 0 Å². The van der Waals surface area contributed by atoms with E-state index in [2.05, 4.69) is 46.6 Å². The summed E-state index contributed by atoms with van der Waals surface area (Å²) in [5.74, 6) is 2.68. The molecule has 3 unspecified atom stereocenters. The van der Waals surface area contributed by atoms with Gasteiger partial charge in [-0.05, 0) is 91.2 Å². The van der Waals surface area contributed by atoms with Crippen molar-refractivity contribution in [2.24, 2.45) is 11.8 Å². The lowest BCUT2D eigenvalue weighted by molar-refractivity contribution is 0.116. The van der Waals surface area contributed by atoms with Crippen LogP contribution in [0, 0.1) is 11.8 Å². The molecule has 224 valence electrons. The van der Waals surface area contributed by atoms with E-state index in [0.29, 0.717) is 17.9 Å². The van der Waals surface area contributed by atoms with E-state index in [1.165, 1.54) is 94.6 Å². The predicted molar refractivity (Wildman–Crippen MR) is 178 cm³/mol. The van der Waals surface area contributed by atoms with Crippen molar-refractivity contribution in [1.29, 1.82) is 0 Å². The Balaban J connectivity index is 0.00000220. The highest BCUT2D eigenvalue weighted by atomic mass is 35.5.